The molecule has 4 rings (SSSR count). The van der Waals surface area contributed by atoms with Crippen LogP contribution in [0.1, 0.15) is 18.4 Å². The van der Waals surface area contributed by atoms with Gasteiger partial charge in [0.2, 0.25) is 11.8 Å². The molecule has 2 atom stereocenters. The average molecular weight is 394 g/mol. The average Bonchev–Trinajstić information content (AvgIpc) is 3.57. The zero-order valence-corrected chi connectivity index (χ0v) is 16.6. The maximum atomic E-state index is 12.9. The van der Waals surface area contributed by atoms with Crippen LogP contribution in [-0.4, -0.2) is 38.6 Å². The molecule has 1 aliphatic heterocycles. The molecule has 1 fully saturated rings. The minimum Gasteiger partial charge on any atom is -0.497 e. The third-order valence-corrected chi connectivity index (χ3v) is 5.55. The Morgan fingerprint density at radius 2 is 1.83 bits per heavy atom. The van der Waals surface area contributed by atoms with E-state index in [1.807, 2.05) is 47.4 Å². The number of aryl methyl sites for hydroxylation is 1. The number of carbonyl (C=O) groups is 2. The Labute approximate surface area is 170 Å². The lowest BCUT2D eigenvalue weighted by atomic mass is 10.0. The van der Waals surface area contributed by atoms with Gasteiger partial charge < -0.3 is 19.7 Å². The third-order valence-electron chi connectivity index (χ3n) is 5.55. The molecule has 1 N–H and O–H groups in total. The highest BCUT2D eigenvalue weighted by molar-refractivity contribution is 6.01. The Bertz CT molecular complexity index is 881. The van der Waals surface area contributed by atoms with Crippen molar-refractivity contribution in [3.05, 3.63) is 54.1 Å². The molecule has 0 aromatic heterocycles. The Hall–Kier alpha value is -3.02. The van der Waals surface area contributed by atoms with Crippen molar-refractivity contribution in [3.63, 3.8) is 0 Å². The van der Waals surface area contributed by atoms with Crippen LogP contribution in [0.4, 0.5) is 5.69 Å². The first kappa shape index (κ1) is 19.3. The van der Waals surface area contributed by atoms with E-state index in [0.29, 0.717) is 19.6 Å². The Morgan fingerprint density at radius 1 is 1.07 bits per heavy atom. The maximum absolute atomic E-state index is 12.9. The predicted molar refractivity (Wildman–Crippen MR) is 110 cm³/mol. The summed E-state index contributed by atoms with van der Waals surface area (Å²) in [4.78, 5) is 27.2. The number of para-hydroxylation sites is 1. The van der Waals surface area contributed by atoms with Crippen LogP contribution in [0.2, 0.25) is 0 Å². The van der Waals surface area contributed by atoms with Gasteiger partial charge in [0.1, 0.15) is 18.1 Å². The Balaban J connectivity index is 1.23. The van der Waals surface area contributed by atoms with Gasteiger partial charge in [0.15, 0.2) is 0 Å². The van der Waals surface area contributed by atoms with E-state index < -0.39 is 0 Å². The van der Waals surface area contributed by atoms with Crippen molar-refractivity contribution in [1.29, 1.82) is 0 Å². The number of methoxy groups -OCH3 is 1. The molecule has 1 heterocycles. The van der Waals surface area contributed by atoms with Gasteiger partial charge in [0, 0.05) is 12.2 Å². The summed E-state index contributed by atoms with van der Waals surface area (Å²) < 4.78 is 10.7. The third kappa shape index (κ3) is 4.36. The summed E-state index contributed by atoms with van der Waals surface area (Å²) in [6.45, 7) is 1.52. The number of rotatable bonds is 7. The summed E-state index contributed by atoms with van der Waals surface area (Å²) in [5.41, 5.74) is 2.21. The van der Waals surface area contributed by atoms with Crippen LogP contribution >= 0.6 is 0 Å². The molecular weight excluding hydrogens is 368 g/mol. The summed E-state index contributed by atoms with van der Waals surface area (Å²) in [6, 6.07) is 15.4. The molecule has 1 saturated carbocycles. The number of anilines is 1. The number of ether oxygens (including phenoxy) is 2. The van der Waals surface area contributed by atoms with Crippen LogP contribution in [0.3, 0.4) is 0 Å². The van der Waals surface area contributed by atoms with Crippen molar-refractivity contribution in [3.8, 4) is 11.5 Å². The highest BCUT2D eigenvalue weighted by atomic mass is 16.5. The molecule has 2 unspecified atom stereocenters. The maximum Gasteiger partial charge on any atom is 0.230 e. The fraction of sp³-hybridized carbons (Fsp3) is 0.391. The molecule has 2 aromatic rings. The zero-order valence-electron chi connectivity index (χ0n) is 16.6. The number of nitrogens with zero attached hydrogens (tertiary/aromatic N) is 1. The highest BCUT2D eigenvalue weighted by Gasteiger charge is 2.49. The van der Waals surface area contributed by atoms with Crippen LogP contribution in [-0.2, 0) is 16.0 Å². The van der Waals surface area contributed by atoms with Gasteiger partial charge >= 0.3 is 0 Å². The molecule has 6 heteroatoms. The number of fused-ring (bicyclic) bond motifs is 1. The second-order valence-corrected chi connectivity index (χ2v) is 7.49. The van der Waals surface area contributed by atoms with E-state index in [0.717, 1.165) is 36.6 Å². The molecule has 2 amide bonds. The normalized spacial score (nSPS) is 19.8. The van der Waals surface area contributed by atoms with Gasteiger partial charge in [-0.05, 0) is 55.2 Å². The topological polar surface area (TPSA) is 67.9 Å². The molecule has 2 aromatic carbocycles. The number of amides is 2. The van der Waals surface area contributed by atoms with Crippen molar-refractivity contribution in [2.75, 3.05) is 31.7 Å². The second-order valence-electron chi connectivity index (χ2n) is 7.49. The fourth-order valence-electron chi connectivity index (χ4n) is 3.87. The second kappa shape index (κ2) is 8.55. The monoisotopic (exact) mass is 394 g/mol. The van der Waals surface area contributed by atoms with Crippen LogP contribution < -0.4 is 19.7 Å². The molecule has 1 aliphatic carbocycles. The van der Waals surface area contributed by atoms with E-state index in [9.17, 15) is 9.59 Å². The van der Waals surface area contributed by atoms with Gasteiger partial charge in [0.05, 0.1) is 25.5 Å². The van der Waals surface area contributed by atoms with Crippen LogP contribution in [0.5, 0.6) is 11.5 Å². The van der Waals surface area contributed by atoms with Crippen LogP contribution in [0, 0.1) is 11.8 Å². The predicted octanol–water partition coefficient (Wildman–Crippen LogP) is 2.81. The van der Waals surface area contributed by atoms with Crippen molar-refractivity contribution in [2.24, 2.45) is 11.8 Å². The number of hydrogen-bond acceptors (Lipinski definition) is 4. The van der Waals surface area contributed by atoms with E-state index in [4.69, 9.17) is 9.47 Å². The largest absolute Gasteiger partial charge is 0.497 e. The molecule has 6 nitrogen and oxygen atoms in total. The fourth-order valence-corrected chi connectivity index (χ4v) is 3.87. The molecule has 0 bridgehead atoms. The highest BCUT2D eigenvalue weighted by Crippen LogP contribution is 2.42. The van der Waals surface area contributed by atoms with Crippen molar-refractivity contribution in [2.45, 2.75) is 19.3 Å². The molecule has 29 heavy (non-hydrogen) atoms. The van der Waals surface area contributed by atoms with E-state index in [-0.39, 0.29) is 23.7 Å². The molecule has 2 aliphatic rings. The number of hydrogen-bond donors (Lipinski definition) is 1. The lowest BCUT2D eigenvalue weighted by Gasteiger charge is -2.29. The van der Waals surface area contributed by atoms with Gasteiger partial charge in [-0.2, -0.15) is 0 Å². The molecule has 0 radical (unpaired) electrons. The van der Waals surface area contributed by atoms with E-state index in [1.165, 1.54) is 5.56 Å². The molecule has 0 spiro atoms. The lowest BCUT2D eigenvalue weighted by molar-refractivity contribution is -0.126. The summed E-state index contributed by atoms with van der Waals surface area (Å²) in [5.74, 6) is 1.08. The summed E-state index contributed by atoms with van der Waals surface area (Å²) in [5, 5.41) is 2.88. The van der Waals surface area contributed by atoms with Gasteiger partial charge in [0.25, 0.3) is 0 Å². The molecular formula is C23H26N2O4. The number of carbonyl (C=O) groups excluding carboxylic acids is 2. The summed E-state index contributed by atoms with van der Waals surface area (Å²) in [7, 11) is 1.62. The molecule has 152 valence electrons. The standard InChI is InChI=1S/C23H26N2O4/c1-28-17-8-10-18(11-9-17)29-14-12-24-22(26)19-15-20(19)23(27)25-13-4-6-16-5-2-3-7-21(16)25/h2-3,5,7-11,19-20H,4,6,12-15H2,1H3,(H,24,26). The van der Waals surface area contributed by atoms with Crippen LogP contribution in [0.15, 0.2) is 48.5 Å². The first-order chi connectivity index (χ1) is 14.2. The van der Waals surface area contributed by atoms with Crippen LogP contribution in [0.25, 0.3) is 0 Å². The van der Waals surface area contributed by atoms with Gasteiger partial charge in [-0.3, -0.25) is 9.59 Å². The zero-order chi connectivity index (χ0) is 20.2. The van der Waals surface area contributed by atoms with Gasteiger partial charge in [-0.1, -0.05) is 18.2 Å². The Morgan fingerprint density at radius 3 is 2.62 bits per heavy atom. The van der Waals surface area contributed by atoms with E-state index in [2.05, 4.69) is 11.4 Å². The smallest absolute Gasteiger partial charge is 0.230 e. The van der Waals surface area contributed by atoms with E-state index in [1.54, 1.807) is 7.11 Å². The lowest BCUT2D eigenvalue weighted by Crippen LogP contribution is -2.38. The number of benzene rings is 2. The minimum absolute atomic E-state index is 0.0630. The first-order valence-corrected chi connectivity index (χ1v) is 10.1. The molecule has 0 saturated heterocycles. The summed E-state index contributed by atoms with van der Waals surface area (Å²) in [6.07, 6.45) is 2.60. The quantitative estimate of drug-likeness (QED) is 0.734. The van der Waals surface area contributed by atoms with Crippen molar-refractivity contribution < 1.29 is 19.1 Å². The summed E-state index contributed by atoms with van der Waals surface area (Å²) >= 11 is 0. The van der Waals surface area contributed by atoms with E-state index >= 15 is 0 Å². The Kier molecular flexibility index (Phi) is 5.69. The first-order valence-electron chi connectivity index (χ1n) is 10.1. The van der Waals surface area contributed by atoms with Crippen molar-refractivity contribution in [1.82, 2.24) is 5.32 Å². The van der Waals surface area contributed by atoms with Gasteiger partial charge in [-0.25, -0.2) is 0 Å². The minimum atomic E-state index is -0.224. The number of nitrogens with one attached hydrogen (secondary N) is 1. The SMILES string of the molecule is COc1ccc(OCCNC(=O)C2CC2C(=O)N2CCCc3ccccc32)cc1. The van der Waals surface area contributed by atoms with Crippen molar-refractivity contribution >= 4 is 17.5 Å². The van der Waals surface area contributed by atoms with Gasteiger partial charge in [-0.15, -0.1) is 0 Å².